The minimum absolute atomic E-state index is 0.0463. The van der Waals surface area contributed by atoms with Gasteiger partial charge in [0.25, 0.3) is 5.56 Å². The molecule has 3 heterocycles. The van der Waals surface area contributed by atoms with Gasteiger partial charge in [-0.15, -0.1) is 0 Å². The quantitative estimate of drug-likeness (QED) is 0.721. The summed E-state index contributed by atoms with van der Waals surface area (Å²) in [5.74, 6) is 0.618. The molecule has 0 unspecified atom stereocenters. The second kappa shape index (κ2) is 8.16. The van der Waals surface area contributed by atoms with E-state index < -0.39 is 0 Å². The molecule has 0 atom stereocenters. The molecule has 1 aliphatic heterocycles. The molecular formula is C23H28N6O. The fourth-order valence-electron chi connectivity index (χ4n) is 4.71. The maximum absolute atomic E-state index is 13.0. The third-order valence-corrected chi connectivity index (χ3v) is 6.24. The number of nitrogens with one attached hydrogen (secondary N) is 1. The topological polar surface area (TPSA) is 66.3 Å². The van der Waals surface area contributed by atoms with Gasteiger partial charge in [-0.1, -0.05) is 31.0 Å². The zero-order valence-electron chi connectivity index (χ0n) is 17.4. The normalized spacial score (nSPS) is 18.2. The van der Waals surface area contributed by atoms with Crippen molar-refractivity contribution in [3.8, 4) is 0 Å². The van der Waals surface area contributed by atoms with Crippen LogP contribution in [0.15, 0.2) is 47.4 Å². The van der Waals surface area contributed by atoms with Gasteiger partial charge in [-0.25, -0.2) is 15.0 Å². The molecule has 3 aromatic rings. The maximum Gasteiger partial charge on any atom is 0.252 e. The number of anilines is 2. The summed E-state index contributed by atoms with van der Waals surface area (Å²) in [5.41, 5.74) is 2.77. The monoisotopic (exact) mass is 404 g/mol. The molecule has 0 amide bonds. The van der Waals surface area contributed by atoms with Crippen molar-refractivity contribution < 1.29 is 0 Å². The highest BCUT2D eigenvalue weighted by atomic mass is 16.1. The van der Waals surface area contributed by atoms with Crippen LogP contribution < -0.4 is 15.9 Å². The number of rotatable bonds is 4. The summed E-state index contributed by atoms with van der Waals surface area (Å²) in [6.45, 7) is 5.56. The molecule has 2 fully saturated rings. The summed E-state index contributed by atoms with van der Waals surface area (Å²) < 4.78 is 1.92. The molecular weight excluding hydrogens is 376 g/mol. The lowest BCUT2D eigenvalue weighted by Gasteiger charge is -2.37. The molecule has 30 heavy (non-hydrogen) atoms. The van der Waals surface area contributed by atoms with Crippen LogP contribution in [0.3, 0.4) is 0 Å². The Labute approximate surface area is 176 Å². The van der Waals surface area contributed by atoms with E-state index in [0.29, 0.717) is 5.95 Å². The third kappa shape index (κ3) is 3.48. The lowest BCUT2D eigenvalue weighted by molar-refractivity contribution is 0.240. The van der Waals surface area contributed by atoms with Crippen LogP contribution >= 0.6 is 0 Å². The van der Waals surface area contributed by atoms with E-state index in [0.717, 1.165) is 61.3 Å². The Balaban J connectivity index is 1.68. The van der Waals surface area contributed by atoms with Crippen molar-refractivity contribution in [1.29, 1.82) is 0 Å². The Bertz CT molecular complexity index is 1080. The lowest BCUT2D eigenvalue weighted by atomic mass is 10.1. The molecule has 2 aromatic heterocycles. The summed E-state index contributed by atoms with van der Waals surface area (Å²) in [5, 5.41) is 8.75. The van der Waals surface area contributed by atoms with E-state index in [2.05, 4.69) is 27.5 Å². The van der Waals surface area contributed by atoms with Gasteiger partial charge in [-0.05, 0) is 37.5 Å². The number of hydrogen-bond donors (Lipinski definition) is 1. The van der Waals surface area contributed by atoms with Gasteiger partial charge in [0.05, 0.1) is 5.69 Å². The molecule has 1 N–H and O–H groups in total. The SMILES string of the molecule is Cc1cc(=O)n(C2CCCC2)c2nc(N(c3ccccc3)N3CCNCC3)ncc12. The first-order valence-corrected chi connectivity index (χ1v) is 10.9. The van der Waals surface area contributed by atoms with Gasteiger partial charge in [0.2, 0.25) is 5.95 Å². The number of hydrazine groups is 1. The predicted octanol–water partition coefficient (Wildman–Crippen LogP) is 3.17. The molecule has 0 radical (unpaired) electrons. The zero-order chi connectivity index (χ0) is 20.5. The minimum Gasteiger partial charge on any atom is -0.314 e. The van der Waals surface area contributed by atoms with E-state index in [9.17, 15) is 4.79 Å². The fourth-order valence-corrected chi connectivity index (χ4v) is 4.71. The number of nitrogens with zero attached hydrogens (tertiary/aromatic N) is 5. The molecule has 1 aromatic carbocycles. The van der Waals surface area contributed by atoms with E-state index >= 15 is 0 Å². The predicted molar refractivity (Wildman–Crippen MR) is 119 cm³/mol. The Morgan fingerprint density at radius 2 is 1.83 bits per heavy atom. The fraction of sp³-hybridized carbons (Fsp3) is 0.435. The van der Waals surface area contributed by atoms with Crippen molar-refractivity contribution in [3.63, 3.8) is 0 Å². The summed E-state index contributed by atoms with van der Waals surface area (Å²) in [6.07, 6.45) is 6.30. The minimum atomic E-state index is 0.0463. The summed E-state index contributed by atoms with van der Waals surface area (Å²) in [4.78, 5) is 22.7. The average molecular weight is 405 g/mol. The standard InChI is InChI=1S/C23H28N6O/c1-17-15-21(30)28(18-7-5-6-8-18)22-20(17)16-25-23(26-22)29(19-9-3-2-4-10-19)27-13-11-24-12-14-27/h2-4,9-10,15-16,18,24H,5-8,11-14H2,1H3. The average Bonchev–Trinajstić information content (AvgIpc) is 3.30. The van der Waals surface area contributed by atoms with Gasteiger partial charge >= 0.3 is 0 Å². The van der Waals surface area contributed by atoms with Crippen LogP contribution in [0.25, 0.3) is 11.0 Å². The zero-order valence-corrected chi connectivity index (χ0v) is 17.4. The van der Waals surface area contributed by atoms with Crippen molar-refractivity contribution in [1.82, 2.24) is 24.9 Å². The maximum atomic E-state index is 13.0. The number of para-hydroxylation sites is 1. The van der Waals surface area contributed by atoms with E-state index in [-0.39, 0.29) is 11.6 Å². The molecule has 0 spiro atoms. The first-order chi connectivity index (χ1) is 14.7. The molecule has 1 saturated heterocycles. The van der Waals surface area contributed by atoms with E-state index in [1.54, 1.807) is 6.07 Å². The molecule has 7 nitrogen and oxygen atoms in total. The number of pyridine rings is 1. The number of hydrogen-bond acceptors (Lipinski definition) is 6. The van der Waals surface area contributed by atoms with Crippen molar-refractivity contribution in [2.75, 3.05) is 31.2 Å². The van der Waals surface area contributed by atoms with Crippen LogP contribution in [0.5, 0.6) is 0 Å². The Morgan fingerprint density at radius 3 is 2.57 bits per heavy atom. The second-order valence-electron chi connectivity index (χ2n) is 8.23. The van der Waals surface area contributed by atoms with Gasteiger partial charge in [-0.3, -0.25) is 9.36 Å². The highest BCUT2D eigenvalue weighted by Crippen LogP contribution is 2.32. The van der Waals surface area contributed by atoms with E-state index in [1.165, 1.54) is 12.8 Å². The largest absolute Gasteiger partial charge is 0.314 e. The molecule has 7 heteroatoms. The lowest BCUT2D eigenvalue weighted by Crippen LogP contribution is -2.51. The number of benzene rings is 1. The van der Waals surface area contributed by atoms with Crippen molar-refractivity contribution >= 4 is 22.7 Å². The van der Waals surface area contributed by atoms with Crippen molar-refractivity contribution in [3.05, 3.63) is 58.5 Å². The van der Waals surface area contributed by atoms with Gasteiger partial charge in [-0.2, -0.15) is 4.98 Å². The summed E-state index contributed by atoms with van der Waals surface area (Å²) in [6, 6.07) is 12.2. The van der Waals surface area contributed by atoms with Gasteiger partial charge in [0, 0.05) is 49.9 Å². The highest BCUT2D eigenvalue weighted by molar-refractivity contribution is 5.79. The first-order valence-electron chi connectivity index (χ1n) is 10.9. The number of aryl methyl sites for hydroxylation is 1. The summed E-state index contributed by atoms with van der Waals surface area (Å²) in [7, 11) is 0. The van der Waals surface area contributed by atoms with Gasteiger partial charge in [0.15, 0.2) is 0 Å². The summed E-state index contributed by atoms with van der Waals surface area (Å²) >= 11 is 0. The smallest absolute Gasteiger partial charge is 0.252 e. The van der Waals surface area contributed by atoms with E-state index in [4.69, 9.17) is 9.97 Å². The van der Waals surface area contributed by atoms with Crippen LogP contribution in [-0.4, -0.2) is 45.7 Å². The van der Waals surface area contributed by atoms with Crippen LogP contribution in [0, 0.1) is 6.92 Å². The van der Waals surface area contributed by atoms with Crippen LogP contribution in [0.2, 0.25) is 0 Å². The Hall–Kier alpha value is -2.77. The molecule has 0 bridgehead atoms. The highest BCUT2D eigenvalue weighted by Gasteiger charge is 2.25. The first kappa shape index (κ1) is 19.2. The number of fused-ring (bicyclic) bond motifs is 1. The van der Waals surface area contributed by atoms with Crippen LogP contribution in [-0.2, 0) is 0 Å². The van der Waals surface area contributed by atoms with Gasteiger partial charge < -0.3 is 5.32 Å². The molecule has 1 aliphatic carbocycles. The van der Waals surface area contributed by atoms with Crippen molar-refractivity contribution in [2.24, 2.45) is 0 Å². The van der Waals surface area contributed by atoms with Crippen molar-refractivity contribution in [2.45, 2.75) is 38.6 Å². The second-order valence-corrected chi connectivity index (χ2v) is 8.23. The molecule has 1 saturated carbocycles. The Morgan fingerprint density at radius 1 is 1.10 bits per heavy atom. The number of aromatic nitrogens is 3. The Kier molecular flexibility index (Phi) is 5.23. The van der Waals surface area contributed by atoms with Gasteiger partial charge in [0.1, 0.15) is 5.65 Å². The van der Waals surface area contributed by atoms with Crippen LogP contribution in [0.1, 0.15) is 37.3 Å². The number of piperazine rings is 1. The molecule has 2 aliphatic rings. The van der Waals surface area contributed by atoms with E-state index in [1.807, 2.05) is 35.9 Å². The molecule has 5 rings (SSSR count). The molecule has 156 valence electrons. The third-order valence-electron chi connectivity index (χ3n) is 6.24. The van der Waals surface area contributed by atoms with Crippen LogP contribution in [0.4, 0.5) is 11.6 Å².